The molecule has 0 spiro atoms. The van der Waals surface area contributed by atoms with Gasteiger partial charge in [-0.15, -0.1) is 0 Å². The zero-order chi connectivity index (χ0) is 14.9. The van der Waals surface area contributed by atoms with Crippen LogP contribution in [-0.4, -0.2) is 27.2 Å². The number of fused-ring (bicyclic) bond motifs is 1. The Hall–Kier alpha value is -1.62. The maximum atomic E-state index is 13.1. The van der Waals surface area contributed by atoms with Gasteiger partial charge in [0.2, 0.25) is 5.95 Å². The molecule has 3 N–H and O–H groups in total. The minimum atomic E-state index is -0.657. The summed E-state index contributed by atoms with van der Waals surface area (Å²) >= 11 is 0. The van der Waals surface area contributed by atoms with E-state index in [0.29, 0.717) is 18.0 Å². The third-order valence-electron chi connectivity index (χ3n) is 4.64. The number of aromatic nitrogens is 2. The van der Waals surface area contributed by atoms with Crippen LogP contribution in [0.1, 0.15) is 39.0 Å². The summed E-state index contributed by atoms with van der Waals surface area (Å²) in [4.78, 5) is 7.40. The van der Waals surface area contributed by atoms with E-state index in [9.17, 15) is 9.50 Å². The third kappa shape index (κ3) is 3.18. The Labute approximate surface area is 123 Å². The van der Waals surface area contributed by atoms with E-state index in [2.05, 4.69) is 22.2 Å². The average molecular weight is 291 g/mol. The number of nitrogens with zero attached hydrogens (tertiary/aromatic N) is 1. The summed E-state index contributed by atoms with van der Waals surface area (Å²) in [7, 11) is 0. The van der Waals surface area contributed by atoms with E-state index in [4.69, 9.17) is 0 Å². The molecule has 1 aliphatic carbocycles. The zero-order valence-electron chi connectivity index (χ0n) is 12.3. The first-order valence-corrected chi connectivity index (χ1v) is 7.69. The lowest BCUT2D eigenvalue weighted by Gasteiger charge is -2.35. The highest BCUT2D eigenvalue weighted by molar-refractivity contribution is 5.77. The van der Waals surface area contributed by atoms with Gasteiger partial charge in [0, 0.05) is 6.54 Å². The molecule has 0 radical (unpaired) electrons. The number of benzene rings is 1. The molecule has 1 aliphatic rings. The minimum Gasteiger partial charge on any atom is -0.388 e. The highest BCUT2D eigenvalue weighted by Crippen LogP contribution is 2.33. The van der Waals surface area contributed by atoms with Crippen LogP contribution in [0.4, 0.5) is 10.3 Å². The van der Waals surface area contributed by atoms with Crippen molar-refractivity contribution in [3.8, 4) is 0 Å². The predicted molar refractivity (Wildman–Crippen MR) is 81.7 cm³/mol. The molecule has 1 heterocycles. The van der Waals surface area contributed by atoms with Gasteiger partial charge in [0.1, 0.15) is 5.82 Å². The average Bonchev–Trinajstić information content (AvgIpc) is 2.88. The molecule has 21 heavy (non-hydrogen) atoms. The van der Waals surface area contributed by atoms with E-state index in [1.807, 2.05) is 0 Å². The molecule has 1 fully saturated rings. The smallest absolute Gasteiger partial charge is 0.201 e. The lowest BCUT2D eigenvalue weighted by atomic mass is 9.78. The van der Waals surface area contributed by atoms with Crippen LogP contribution in [0.2, 0.25) is 0 Å². The standard InChI is InChI=1S/C16H22FN3O/c1-2-11-5-7-16(21,8-6-11)10-18-15-19-13-4-3-12(17)9-14(13)20-15/h3-4,9,11,21H,2,5-8,10H2,1H3,(H2,18,19,20). The Kier molecular flexibility index (Phi) is 3.85. The van der Waals surface area contributed by atoms with E-state index >= 15 is 0 Å². The molecule has 114 valence electrons. The van der Waals surface area contributed by atoms with Gasteiger partial charge in [-0.1, -0.05) is 13.3 Å². The van der Waals surface area contributed by atoms with E-state index < -0.39 is 5.60 Å². The van der Waals surface area contributed by atoms with Crippen LogP contribution in [0.25, 0.3) is 11.0 Å². The zero-order valence-corrected chi connectivity index (χ0v) is 12.3. The van der Waals surface area contributed by atoms with Crippen LogP contribution in [0.3, 0.4) is 0 Å². The molecule has 0 aliphatic heterocycles. The molecule has 1 aromatic heterocycles. The number of hydrogen-bond donors (Lipinski definition) is 3. The largest absolute Gasteiger partial charge is 0.388 e. The SMILES string of the molecule is CCC1CCC(O)(CNc2nc3ccc(F)cc3[nH]2)CC1. The van der Waals surface area contributed by atoms with E-state index in [1.54, 1.807) is 6.07 Å². The van der Waals surface area contributed by atoms with Gasteiger partial charge < -0.3 is 15.4 Å². The highest BCUT2D eigenvalue weighted by Gasteiger charge is 2.32. The van der Waals surface area contributed by atoms with Crippen LogP contribution >= 0.6 is 0 Å². The van der Waals surface area contributed by atoms with Crippen molar-refractivity contribution >= 4 is 17.0 Å². The quantitative estimate of drug-likeness (QED) is 0.808. The molecular weight excluding hydrogens is 269 g/mol. The number of nitrogens with one attached hydrogen (secondary N) is 2. The van der Waals surface area contributed by atoms with Crippen LogP contribution in [0, 0.1) is 11.7 Å². The van der Waals surface area contributed by atoms with Crippen molar-refractivity contribution in [3.63, 3.8) is 0 Å². The Morgan fingerprint density at radius 3 is 2.90 bits per heavy atom. The Morgan fingerprint density at radius 2 is 2.19 bits per heavy atom. The molecule has 1 saturated carbocycles. The van der Waals surface area contributed by atoms with Gasteiger partial charge in [0.25, 0.3) is 0 Å². The molecule has 0 atom stereocenters. The number of anilines is 1. The van der Waals surface area contributed by atoms with Gasteiger partial charge in [0.05, 0.1) is 16.6 Å². The number of imidazole rings is 1. The summed E-state index contributed by atoms with van der Waals surface area (Å²) in [5, 5.41) is 13.8. The van der Waals surface area contributed by atoms with E-state index in [-0.39, 0.29) is 5.82 Å². The number of rotatable bonds is 4. The van der Waals surface area contributed by atoms with Crippen molar-refractivity contribution in [2.75, 3.05) is 11.9 Å². The van der Waals surface area contributed by atoms with Gasteiger partial charge in [-0.25, -0.2) is 9.37 Å². The van der Waals surface area contributed by atoms with Crippen molar-refractivity contribution < 1.29 is 9.50 Å². The fourth-order valence-corrected chi connectivity index (χ4v) is 3.11. The van der Waals surface area contributed by atoms with Crippen molar-refractivity contribution in [3.05, 3.63) is 24.0 Å². The second kappa shape index (κ2) is 5.64. The van der Waals surface area contributed by atoms with E-state index in [1.165, 1.54) is 18.6 Å². The first-order valence-electron chi connectivity index (χ1n) is 7.69. The topological polar surface area (TPSA) is 60.9 Å². The molecule has 1 aromatic carbocycles. The monoisotopic (exact) mass is 291 g/mol. The number of halogens is 1. The number of aliphatic hydroxyl groups is 1. The molecule has 3 rings (SSSR count). The van der Waals surface area contributed by atoms with E-state index in [0.717, 1.165) is 37.1 Å². The highest BCUT2D eigenvalue weighted by atomic mass is 19.1. The Balaban J connectivity index is 1.63. The first-order chi connectivity index (χ1) is 10.1. The first kappa shape index (κ1) is 14.3. The van der Waals surface area contributed by atoms with Crippen LogP contribution in [-0.2, 0) is 0 Å². The van der Waals surface area contributed by atoms with Crippen LogP contribution in [0.5, 0.6) is 0 Å². The molecule has 5 heteroatoms. The number of hydrogen-bond acceptors (Lipinski definition) is 3. The van der Waals surface area contributed by atoms with Gasteiger partial charge in [0.15, 0.2) is 0 Å². The summed E-state index contributed by atoms with van der Waals surface area (Å²) in [6.07, 6.45) is 5.01. The summed E-state index contributed by atoms with van der Waals surface area (Å²) in [5.74, 6) is 1.05. The fourth-order valence-electron chi connectivity index (χ4n) is 3.11. The van der Waals surface area contributed by atoms with Crippen LogP contribution < -0.4 is 5.32 Å². The van der Waals surface area contributed by atoms with Crippen LogP contribution in [0.15, 0.2) is 18.2 Å². The summed E-state index contributed by atoms with van der Waals surface area (Å²) < 4.78 is 13.1. The fraction of sp³-hybridized carbons (Fsp3) is 0.562. The molecule has 0 bridgehead atoms. The predicted octanol–water partition coefficient (Wildman–Crippen LogP) is 3.45. The molecule has 0 amide bonds. The number of H-pyrrole nitrogens is 1. The van der Waals surface area contributed by atoms with Crippen molar-refractivity contribution in [1.29, 1.82) is 0 Å². The minimum absolute atomic E-state index is 0.283. The summed E-state index contributed by atoms with van der Waals surface area (Å²) in [6, 6.07) is 4.47. The van der Waals surface area contributed by atoms with Gasteiger partial charge in [-0.05, 0) is 49.8 Å². The Bertz CT molecular complexity index is 617. The van der Waals surface area contributed by atoms with Gasteiger partial charge >= 0.3 is 0 Å². The van der Waals surface area contributed by atoms with Crippen molar-refractivity contribution in [1.82, 2.24) is 9.97 Å². The molecule has 0 unspecified atom stereocenters. The second-order valence-electron chi connectivity index (χ2n) is 6.18. The molecule has 4 nitrogen and oxygen atoms in total. The maximum absolute atomic E-state index is 13.1. The van der Waals surface area contributed by atoms with Gasteiger partial charge in [-0.2, -0.15) is 0 Å². The molecule has 2 aromatic rings. The Morgan fingerprint density at radius 1 is 1.43 bits per heavy atom. The van der Waals surface area contributed by atoms with Gasteiger partial charge in [-0.3, -0.25) is 0 Å². The van der Waals surface area contributed by atoms with Crippen molar-refractivity contribution in [2.45, 2.75) is 44.6 Å². The second-order valence-corrected chi connectivity index (χ2v) is 6.18. The molecular formula is C16H22FN3O. The lowest BCUT2D eigenvalue weighted by molar-refractivity contribution is 0.00217. The summed E-state index contributed by atoms with van der Waals surface area (Å²) in [6.45, 7) is 2.69. The summed E-state index contributed by atoms with van der Waals surface area (Å²) in [5.41, 5.74) is 0.732. The normalized spacial score (nSPS) is 26.1. The number of aromatic amines is 1. The lowest BCUT2D eigenvalue weighted by Crippen LogP contribution is -2.40. The molecule has 0 saturated heterocycles. The third-order valence-corrected chi connectivity index (χ3v) is 4.64. The van der Waals surface area contributed by atoms with Crippen molar-refractivity contribution in [2.24, 2.45) is 5.92 Å². The maximum Gasteiger partial charge on any atom is 0.201 e.